The molecule has 3 aromatic rings. The van der Waals surface area contributed by atoms with Gasteiger partial charge >= 0.3 is 7.60 Å². The van der Waals surface area contributed by atoms with E-state index in [4.69, 9.17) is 30.9 Å². The molecule has 1 fully saturated rings. The number of aliphatic hydroxyl groups excluding tert-OH is 2. The van der Waals surface area contributed by atoms with Gasteiger partial charge in [0.15, 0.2) is 23.2 Å². The van der Waals surface area contributed by atoms with E-state index in [1.165, 1.54) is 4.68 Å². The summed E-state index contributed by atoms with van der Waals surface area (Å²) in [6.45, 7) is 2.16. The Balaban J connectivity index is 1.58. The van der Waals surface area contributed by atoms with Crippen molar-refractivity contribution >= 4 is 36.2 Å². The molecule has 3 heterocycles. The van der Waals surface area contributed by atoms with Crippen molar-refractivity contribution in [3.63, 3.8) is 0 Å². The van der Waals surface area contributed by atoms with E-state index >= 15 is 0 Å². The van der Waals surface area contributed by atoms with E-state index in [-0.39, 0.29) is 17.5 Å². The maximum Gasteiger partial charge on any atom is 0.350 e. The summed E-state index contributed by atoms with van der Waals surface area (Å²) in [5, 5.41) is 29.0. The largest absolute Gasteiger partial charge is 0.387 e. The van der Waals surface area contributed by atoms with Gasteiger partial charge in [0, 0.05) is 13.6 Å². The highest BCUT2D eigenvalue weighted by Gasteiger charge is 2.45. The number of aliphatic hydroxyl groups is 2. The van der Waals surface area contributed by atoms with Crippen molar-refractivity contribution in [2.45, 2.75) is 38.0 Å². The van der Waals surface area contributed by atoms with E-state index in [2.05, 4.69) is 20.3 Å². The van der Waals surface area contributed by atoms with Crippen LogP contribution in [0.25, 0.3) is 11.2 Å². The highest BCUT2D eigenvalue weighted by Crippen LogP contribution is 2.36. The lowest BCUT2D eigenvalue weighted by Crippen LogP contribution is -2.34. The van der Waals surface area contributed by atoms with E-state index in [1.54, 1.807) is 0 Å². The third-order valence-electron chi connectivity index (χ3n) is 5.26. The van der Waals surface area contributed by atoms with Crippen LogP contribution in [0.5, 0.6) is 0 Å². The minimum absolute atomic E-state index is 0.0725. The molecule has 0 radical (unpaired) electrons. The topological polar surface area (TPSA) is 176 Å². The summed E-state index contributed by atoms with van der Waals surface area (Å²) < 4.78 is 22.7. The average Bonchev–Trinajstić information content (AvgIpc) is 3.28. The molecule has 4 atom stereocenters. The second-order valence-corrected chi connectivity index (χ2v) is 10.0. The number of ether oxygens (including phenoxy) is 2. The summed E-state index contributed by atoms with van der Waals surface area (Å²) in [4.78, 5) is 28.1. The van der Waals surface area contributed by atoms with E-state index in [1.807, 2.05) is 43.1 Å². The van der Waals surface area contributed by atoms with Gasteiger partial charge in [0.05, 0.1) is 6.61 Å². The van der Waals surface area contributed by atoms with E-state index in [9.17, 15) is 14.8 Å². The SMILES string of the molecule is Cc1cccc(CN(C)c2nc(Cl)nc3c2nnn3[C@@H]2O[C@H](COCP(=O)(O)O)[C@@H](O)[C@H]2O)c1. The molecule has 1 aromatic carbocycles. The molecule has 0 aliphatic carbocycles. The highest BCUT2D eigenvalue weighted by molar-refractivity contribution is 7.51. The summed E-state index contributed by atoms with van der Waals surface area (Å²) in [5.41, 5.74) is 2.66. The minimum Gasteiger partial charge on any atom is -0.387 e. The maximum atomic E-state index is 11.0. The van der Waals surface area contributed by atoms with Gasteiger partial charge in [-0.3, -0.25) is 4.57 Å². The highest BCUT2D eigenvalue weighted by atomic mass is 35.5. The monoisotopic (exact) mass is 514 g/mol. The van der Waals surface area contributed by atoms with Crippen molar-refractivity contribution in [3.05, 3.63) is 40.7 Å². The zero-order valence-electron chi connectivity index (χ0n) is 18.3. The Hall–Kier alpha value is -2.22. The summed E-state index contributed by atoms with van der Waals surface area (Å²) in [6.07, 6.45) is -5.93. The Labute approximate surface area is 199 Å². The van der Waals surface area contributed by atoms with Gasteiger partial charge in [0.1, 0.15) is 24.7 Å². The molecule has 0 unspecified atom stereocenters. The van der Waals surface area contributed by atoms with Crippen molar-refractivity contribution in [2.75, 3.05) is 24.9 Å². The van der Waals surface area contributed by atoms with Crippen LogP contribution in [-0.2, 0) is 20.6 Å². The zero-order valence-corrected chi connectivity index (χ0v) is 19.9. The second-order valence-electron chi connectivity index (χ2n) is 8.08. The number of halogens is 1. The van der Waals surface area contributed by atoms with Gasteiger partial charge in [-0.25, -0.2) is 0 Å². The molecule has 1 saturated heterocycles. The Morgan fingerprint density at radius 2 is 2.03 bits per heavy atom. The normalized spacial score (nSPS) is 23.0. The van der Waals surface area contributed by atoms with Crippen LogP contribution >= 0.6 is 19.2 Å². The standard InChI is InChI=1S/C19H24ClN6O7P/c1-10-4-3-5-11(6-10)7-25(2)16-13-17(22-19(20)21-16)26(24-23-13)18-15(28)14(27)12(33-18)8-32-9-34(29,30)31/h3-6,12,14-15,18,27-28H,7-9H2,1-2H3,(H2,29,30,31)/t12-,14-,15-,18-/m1/s1. The first kappa shape index (κ1) is 24.9. The summed E-state index contributed by atoms with van der Waals surface area (Å²) >= 11 is 6.17. The van der Waals surface area contributed by atoms with Crippen LogP contribution in [0.15, 0.2) is 24.3 Å². The Morgan fingerprint density at radius 1 is 1.26 bits per heavy atom. The molecule has 184 valence electrons. The third-order valence-corrected chi connectivity index (χ3v) is 5.95. The van der Waals surface area contributed by atoms with Crippen LogP contribution < -0.4 is 4.90 Å². The predicted molar refractivity (Wildman–Crippen MR) is 120 cm³/mol. The first-order valence-electron chi connectivity index (χ1n) is 10.2. The van der Waals surface area contributed by atoms with Crippen LogP contribution in [0, 0.1) is 6.92 Å². The molecule has 13 nitrogen and oxygen atoms in total. The maximum absolute atomic E-state index is 11.0. The Kier molecular flexibility index (Phi) is 7.17. The molecule has 2 aromatic heterocycles. The molecule has 0 amide bonds. The molecule has 1 aliphatic rings. The van der Waals surface area contributed by atoms with Crippen molar-refractivity contribution in [2.24, 2.45) is 0 Å². The van der Waals surface area contributed by atoms with Gasteiger partial charge < -0.3 is 34.4 Å². The first-order valence-corrected chi connectivity index (χ1v) is 12.4. The number of nitrogens with zero attached hydrogens (tertiary/aromatic N) is 6. The average molecular weight is 515 g/mol. The molecule has 34 heavy (non-hydrogen) atoms. The fourth-order valence-electron chi connectivity index (χ4n) is 3.74. The van der Waals surface area contributed by atoms with Crippen LogP contribution in [0.4, 0.5) is 5.82 Å². The molecule has 1 aliphatic heterocycles. The smallest absolute Gasteiger partial charge is 0.350 e. The van der Waals surface area contributed by atoms with Gasteiger partial charge in [-0.2, -0.15) is 14.6 Å². The number of anilines is 1. The third kappa shape index (κ3) is 5.37. The van der Waals surface area contributed by atoms with Crippen LogP contribution in [0.1, 0.15) is 17.4 Å². The van der Waals surface area contributed by atoms with Crippen molar-refractivity contribution < 1.29 is 34.0 Å². The molecular weight excluding hydrogens is 491 g/mol. The minimum atomic E-state index is -4.39. The van der Waals surface area contributed by atoms with Crippen molar-refractivity contribution in [1.82, 2.24) is 25.0 Å². The number of hydrogen-bond donors (Lipinski definition) is 4. The summed E-state index contributed by atoms with van der Waals surface area (Å²) in [7, 11) is -2.57. The molecule has 4 rings (SSSR count). The van der Waals surface area contributed by atoms with Crippen LogP contribution in [-0.4, -0.2) is 83.3 Å². The number of rotatable bonds is 8. The van der Waals surface area contributed by atoms with E-state index in [0.717, 1.165) is 11.1 Å². The van der Waals surface area contributed by atoms with Crippen LogP contribution in [0.2, 0.25) is 5.28 Å². The summed E-state index contributed by atoms with van der Waals surface area (Å²) in [5.74, 6) is 0.414. The van der Waals surface area contributed by atoms with Gasteiger partial charge in [0.2, 0.25) is 5.28 Å². The fourth-order valence-corrected chi connectivity index (χ4v) is 4.25. The fraction of sp³-hybridized carbons (Fsp3) is 0.474. The second kappa shape index (κ2) is 9.80. The molecule has 4 N–H and O–H groups in total. The quantitative estimate of drug-likeness (QED) is 0.243. The Bertz CT molecular complexity index is 1220. The lowest BCUT2D eigenvalue weighted by atomic mass is 10.1. The van der Waals surface area contributed by atoms with Gasteiger partial charge in [-0.1, -0.05) is 35.0 Å². The summed E-state index contributed by atoms with van der Waals surface area (Å²) in [6, 6.07) is 7.99. The lowest BCUT2D eigenvalue weighted by molar-refractivity contribution is -0.0665. The number of hydrogen-bond acceptors (Lipinski definition) is 10. The molecule has 0 spiro atoms. The molecule has 0 bridgehead atoms. The lowest BCUT2D eigenvalue weighted by Gasteiger charge is -2.19. The number of benzene rings is 1. The van der Waals surface area contributed by atoms with E-state index < -0.39 is 38.5 Å². The van der Waals surface area contributed by atoms with Gasteiger partial charge in [0.25, 0.3) is 0 Å². The number of aromatic nitrogens is 5. The Morgan fingerprint density at radius 3 is 2.74 bits per heavy atom. The van der Waals surface area contributed by atoms with Crippen LogP contribution in [0.3, 0.4) is 0 Å². The first-order chi connectivity index (χ1) is 16.0. The van der Waals surface area contributed by atoms with Gasteiger partial charge in [-0.15, -0.1) is 5.10 Å². The predicted octanol–water partition coefficient (Wildman–Crippen LogP) is 0.591. The molecular formula is C19H24ClN6O7P. The van der Waals surface area contributed by atoms with E-state index in [0.29, 0.717) is 17.9 Å². The molecule has 0 saturated carbocycles. The van der Waals surface area contributed by atoms with Crippen molar-refractivity contribution in [1.29, 1.82) is 0 Å². The molecule has 15 heteroatoms. The van der Waals surface area contributed by atoms with Crippen molar-refractivity contribution in [3.8, 4) is 0 Å². The zero-order chi connectivity index (χ0) is 24.6. The van der Waals surface area contributed by atoms with Gasteiger partial charge in [-0.05, 0) is 24.1 Å². The number of aryl methyl sites for hydroxylation is 1. The number of fused-ring (bicyclic) bond motifs is 1.